The zero-order chi connectivity index (χ0) is 17.7. The molecule has 5 nitrogen and oxygen atoms in total. The second-order valence-corrected chi connectivity index (χ2v) is 6.95. The Kier molecular flexibility index (Phi) is 9.97. The molecular weight excluding hydrogens is 314 g/mol. The Morgan fingerprint density at radius 3 is 2.84 bits per heavy atom. The van der Waals surface area contributed by atoms with Gasteiger partial charge in [0.05, 0.1) is 19.3 Å². The highest BCUT2D eigenvalue weighted by Gasteiger charge is 2.24. The molecular formula is C20H37N3O2. The number of ether oxygens (including phenoxy) is 2. The van der Waals surface area contributed by atoms with E-state index in [0.29, 0.717) is 6.10 Å². The van der Waals surface area contributed by atoms with E-state index in [4.69, 9.17) is 14.5 Å². The third-order valence-corrected chi connectivity index (χ3v) is 5.13. The molecule has 1 atom stereocenters. The topological polar surface area (TPSA) is 54.9 Å². The predicted octanol–water partition coefficient (Wildman–Crippen LogP) is 3.26. The Morgan fingerprint density at radius 2 is 2.16 bits per heavy atom. The Balaban J connectivity index is 1.73. The van der Waals surface area contributed by atoms with Gasteiger partial charge in [0.1, 0.15) is 0 Å². The van der Waals surface area contributed by atoms with E-state index in [1.807, 2.05) is 0 Å². The van der Waals surface area contributed by atoms with E-state index in [1.165, 1.54) is 31.3 Å². The molecule has 0 spiro atoms. The highest BCUT2D eigenvalue weighted by atomic mass is 16.5. The van der Waals surface area contributed by atoms with Crippen LogP contribution in [0.3, 0.4) is 0 Å². The first kappa shape index (κ1) is 20.2. The van der Waals surface area contributed by atoms with Gasteiger partial charge in [0, 0.05) is 26.2 Å². The summed E-state index contributed by atoms with van der Waals surface area (Å²) in [6, 6.07) is 0. The molecule has 5 heteroatoms. The smallest absolute Gasteiger partial charge is 0.191 e. The van der Waals surface area contributed by atoms with E-state index in [0.717, 1.165) is 70.6 Å². The number of guanidine groups is 1. The molecule has 1 aliphatic heterocycles. The number of aliphatic imine (C=N–C) groups is 1. The molecule has 0 amide bonds. The van der Waals surface area contributed by atoms with Gasteiger partial charge in [0.2, 0.25) is 0 Å². The molecule has 1 saturated carbocycles. The van der Waals surface area contributed by atoms with Crippen LogP contribution in [-0.4, -0.2) is 51.5 Å². The predicted molar refractivity (Wildman–Crippen MR) is 104 cm³/mol. The summed E-state index contributed by atoms with van der Waals surface area (Å²) in [6.45, 7) is 9.29. The lowest BCUT2D eigenvalue weighted by Crippen LogP contribution is -2.38. The quantitative estimate of drug-likeness (QED) is 0.360. The first-order valence-electron chi connectivity index (χ1n) is 10.2. The van der Waals surface area contributed by atoms with Crippen molar-refractivity contribution in [1.82, 2.24) is 10.6 Å². The van der Waals surface area contributed by atoms with E-state index < -0.39 is 0 Å². The average Bonchev–Trinajstić information content (AvgIpc) is 3.16. The summed E-state index contributed by atoms with van der Waals surface area (Å²) in [5.74, 6) is 1.67. The molecule has 0 aromatic heterocycles. The summed E-state index contributed by atoms with van der Waals surface area (Å²) < 4.78 is 11.4. The number of hydrogen-bond donors (Lipinski definition) is 2. The molecule has 0 bridgehead atoms. The number of hydrogen-bond acceptors (Lipinski definition) is 3. The lowest BCUT2D eigenvalue weighted by Gasteiger charge is -2.22. The van der Waals surface area contributed by atoms with Crippen molar-refractivity contribution in [2.45, 2.75) is 64.9 Å². The maximum atomic E-state index is 6.00. The van der Waals surface area contributed by atoms with Gasteiger partial charge in [-0.3, -0.25) is 4.99 Å². The first-order chi connectivity index (χ1) is 12.3. The summed E-state index contributed by atoms with van der Waals surface area (Å²) in [4.78, 5) is 4.76. The van der Waals surface area contributed by atoms with Crippen molar-refractivity contribution in [2.75, 3.05) is 39.5 Å². The highest BCUT2D eigenvalue weighted by molar-refractivity contribution is 5.79. The van der Waals surface area contributed by atoms with E-state index in [1.54, 1.807) is 0 Å². The van der Waals surface area contributed by atoms with Crippen LogP contribution in [0.25, 0.3) is 0 Å². The first-order valence-corrected chi connectivity index (χ1v) is 10.2. The zero-order valence-corrected chi connectivity index (χ0v) is 16.2. The molecule has 2 aliphatic rings. The maximum absolute atomic E-state index is 6.00. The second-order valence-electron chi connectivity index (χ2n) is 6.95. The van der Waals surface area contributed by atoms with Gasteiger partial charge in [-0.05, 0) is 51.9 Å². The molecule has 1 fully saturated rings. The van der Waals surface area contributed by atoms with Crippen LogP contribution in [-0.2, 0) is 9.47 Å². The fourth-order valence-corrected chi connectivity index (χ4v) is 3.78. The average molecular weight is 352 g/mol. The lowest BCUT2D eigenvalue weighted by atomic mass is 9.98. The normalized spacial score (nSPS) is 20.4. The zero-order valence-electron chi connectivity index (χ0n) is 16.2. The van der Waals surface area contributed by atoms with Crippen LogP contribution in [0.5, 0.6) is 0 Å². The standard InChI is InChI=1S/C20H37N3O2/c1-3-21-20(22-13-9-17-11-15-24-16-12-17)23-14-10-19(25-4-2)18-7-5-6-8-18/h11,18-19H,3-10,12-16H2,1-2H3,(H2,21,22,23). The van der Waals surface area contributed by atoms with Crippen LogP contribution in [0.4, 0.5) is 0 Å². The maximum Gasteiger partial charge on any atom is 0.191 e. The van der Waals surface area contributed by atoms with Crippen molar-refractivity contribution in [3.63, 3.8) is 0 Å². The van der Waals surface area contributed by atoms with Crippen molar-refractivity contribution >= 4 is 5.96 Å². The van der Waals surface area contributed by atoms with Gasteiger partial charge in [-0.1, -0.05) is 24.5 Å². The van der Waals surface area contributed by atoms with Crippen molar-refractivity contribution < 1.29 is 9.47 Å². The summed E-state index contributed by atoms with van der Waals surface area (Å²) in [5.41, 5.74) is 1.49. The van der Waals surface area contributed by atoms with Crippen molar-refractivity contribution in [3.05, 3.63) is 11.6 Å². The minimum atomic E-state index is 0.381. The van der Waals surface area contributed by atoms with Crippen LogP contribution in [0.2, 0.25) is 0 Å². The van der Waals surface area contributed by atoms with Crippen LogP contribution in [0.15, 0.2) is 16.6 Å². The molecule has 1 unspecified atom stereocenters. The lowest BCUT2D eigenvalue weighted by molar-refractivity contribution is 0.0177. The Bertz CT molecular complexity index is 417. The van der Waals surface area contributed by atoms with Gasteiger partial charge in [-0.25, -0.2) is 0 Å². The second kappa shape index (κ2) is 12.3. The van der Waals surface area contributed by atoms with Crippen molar-refractivity contribution in [3.8, 4) is 0 Å². The van der Waals surface area contributed by atoms with Crippen LogP contribution < -0.4 is 10.6 Å². The Morgan fingerprint density at radius 1 is 1.32 bits per heavy atom. The largest absolute Gasteiger partial charge is 0.378 e. The van der Waals surface area contributed by atoms with Gasteiger partial charge in [0.15, 0.2) is 5.96 Å². The molecule has 1 aliphatic carbocycles. The van der Waals surface area contributed by atoms with Gasteiger partial charge in [-0.15, -0.1) is 0 Å². The molecule has 144 valence electrons. The number of rotatable bonds is 10. The summed E-state index contributed by atoms with van der Waals surface area (Å²) in [5, 5.41) is 6.81. The van der Waals surface area contributed by atoms with Gasteiger partial charge in [-0.2, -0.15) is 0 Å². The Labute approximate surface area is 153 Å². The minimum absolute atomic E-state index is 0.381. The fraction of sp³-hybridized carbons (Fsp3) is 0.850. The van der Waals surface area contributed by atoms with Gasteiger partial charge < -0.3 is 20.1 Å². The van der Waals surface area contributed by atoms with E-state index in [9.17, 15) is 0 Å². The van der Waals surface area contributed by atoms with Gasteiger partial charge >= 0.3 is 0 Å². The number of nitrogens with one attached hydrogen (secondary N) is 2. The molecule has 2 rings (SSSR count). The van der Waals surface area contributed by atoms with Crippen LogP contribution >= 0.6 is 0 Å². The molecule has 0 saturated heterocycles. The molecule has 2 N–H and O–H groups in total. The third-order valence-electron chi connectivity index (χ3n) is 5.13. The summed E-state index contributed by atoms with van der Waals surface area (Å²) in [7, 11) is 0. The number of nitrogens with zero attached hydrogens (tertiary/aromatic N) is 1. The monoisotopic (exact) mass is 351 g/mol. The SMILES string of the molecule is CCNC(=NCCC(OCC)C1CCCC1)NCCC1=CCOCC1. The Hall–Kier alpha value is -1.07. The minimum Gasteiger partial charge on any atom is -0.378 e. The third kappa shape index (κ3) is 7.78. The summed E-state index contributed by atoms with van der Waals surface area (Å²) in [6.07, 6.45) is 11.1. The molecule has 1 heterocycles. The molecule has 25 heavy (non-hydrogen) atoms. The molecule has 0 aromatic rings. The van der Waals surface area contributed by atoms with Crippen LogP contribution in [0, 0.1) is 5.92 Å². The van der Waals surface area contributed by atoms with Crippen molar-refractivity contribution in [2.24, 2.45) is 10.9 Å². The highest BCUT2D eigenvalue weighted by Crippen LogP contribution is 2.30. The van der Waals surface area contributed by atoms with Crippen LogP contribution in [0.1, 0.15) is 58.8 Å². The fourth-order valence-electron chi connectivity index (χ4n) is 3.78. The van der Waals surface area contributed by atoms with E-state index in [2.05, 4.69) is 30.6 Å². The molecule has 0 aromatic carbocycles. The summed E-state index contributed by atoms with van der Waals surface area (Å²) >= 11 is 0. The van der Waals surface area contributed by atoms with Crippen molar-refractivity contribution in [1.29, 1.82) is 0 Å². The van der Waals surface area contributed by atoms with E-state index in [-0.39, 0.29) is 0 Å². The van der Waals surface area contributed by atoms with Gasteiger partial charge in [0.25, 0.3) is 0 Å². The van der Waals surface area contributed by atoms with E-state index >= 15 is 0 Å². The molecule has 0 radical (unpaired) electrons.